The van der Waals surface area contributed by atoms with E-state index in [0.29, 0.717) is 23.1 Å². The molecule has 1 saturated carbocycles. The molecule has 0 spiro atoms. The van der Waals surface area contributed by atoms with Gasteiger partial charge >= 0.3 is 5.97 Å². The number of rotatable bonds is 5. The number of hydrogen-bond donors (Lipinski definition) is 1. The lowest BCUT2D eigenvalue weighted by atomic mass is 9.78. The summed E-state index contributed by atoms with van der Waals surface area (Å²) >= 11 is 0. The Bertz CT molecular complexity index is 854. The molecule has 6 heteroatoms. The minimum absolute atomic E-state index is 0.221. The number of aliphatic hydroxyl groups excluding tert-OH is 1. The van der Waals surface area contributed by atoms with E-state index in [1.165, 1.54) is 18.2 Å². The summed E-state index contributed by atoms with van der Waals surface area (Å²) in [6.45, 7) is 5.00. The van der Waals surface area contributed by atoms with Crippen molar-refractivity contribution in [3.05, 3.63) is 59.4 Å². The smallest absolute Gasteiger partial charge is 0.337 e. The summed E-state index contributed by atoms with van der Waals surface area (Å²) in [6.07, 6.45) is 4.72. The minimum Gasteiger partial charge on any atom is -0.488 e. The lowest BCUT2D eigenvalue weighted by Gasteiger charge is -2.35. The first-order valence-corrected chi connectivity index (χ1v) is 10.2. The molecule has 1 N–H and O–H groups in total. The maximum Gasteiger partial charge on any atom is 0.337 e. The molecule has 1 aliphatic heterocycles. The van der Waals surface area contributed by atoms with Crippen LogP contribution in [-0.2, 0) is 11.3 Å². The van der Waals surface area contributed by atoms with Gasteiger partial charge in [-0.1, -0.05) is 6.07 Å². The van der Waals surface area contributed by atoms with Crippen molar-refractivity contribution < 1.29 is 19.4 Å². The van der Waals surface area contributed by atoms with Gasteiger partial charge in [0.15, 0.2) is 0 Å². The van der Waals surface area contributed by atoms with Crippen molar-refractivity contribution in [2.45, 2.75) is 38.5 Å². The third-order valence-corrected chi connectivity index (χ3v) is 6.06. The van der Waals surface area contributed by atoms with Crippen LogP contribution in [0.15, 0.2) is 42.7 Å². The molecule has 4 rings (SSSR count). The Kier molecular flexibility index (Phi) is 5.83. The van der Waals surface area contributed by atoms with Crippen molar-refractivity contribution in [2.24, 2.45) is 11.8 Å². The van der Waals surface area contributed by atoms with Crippen molar-refractivity contribution >= 4 is 5.97 Å². The molecule has 0 radical (unpaired) electrons. The third-order valence-electron chi connectivity index (χ3n) is 6.06. The van der Waals surface area contributed by atoms with Gasteiger partial charge in [0.2, 0.25) is 0 Å². The SMILES string of the molecule is COC(=O)c1ccc(O[C@@H]2C[C@@H]3CN(Cc4cncc(C)c4)C[C@@H]3C[C@H]2O)cc1. The summed E-state index contributed by atoms with van der Waals surface area (Å²) < 4.78 is 10.8. The van der Waals surface area contributed by atoms with Crippen LogP contribution in [0.3, 0.4) is 0 Å². The number of aliphatic hydroxyl groups is 1. The largest absolute Gasteiger partial charge is 0.488 e. The van der Waals surface area contributed by atoms with Crippen LogP contribution in [0, 0.1) is 18.8 Å². The molecule has 2 heterocycles. The number of benzene rings is 1. The number of esters is 1. The molecule has 2 aromatic rings. The maximum absolute atomic E-state index is 11.6. The zero-order chi connectivity index (χ0) is 20.4. The van der Waals surface area contributed by atoms with Crippen molar-refractivity contribution in [1.29, 1.82) is 0 Å². The normalized spacial score (nSPS) is 26.7. The third kappa shape index (κ3) is 4.60. The number of carbonyl (C=O) groups excluding carboxylic acids is 1. The Balaban J connectivity index is 1.36. The fourth-order valence-corrected chi connectivity index (χ4v) is 4.67. The zero-order valence-corrected chi connectivity index (χ0v) is 17.0. The highest BCUT2D eigenvalue weighted by Gasteiger charge is 2.42. The van der Waals surface area contributed by atoms with Crippen LogP contribution in [0.5, 0.6) is 5.75 Å². The van der Waals surface area contributed by atoms with E-state index < -0.39 is 6.10 Å². The number of aryl methyl sites for hydroxylation is 1. The maximum atomic E-state index is 11.6. The Morgan fingerprint density at radius 1 is 1.17 bits per heavy atom. The first kappa shape index (κ1) is 19.9. The Morgan fingerprint density at radius 2 is 1.90 bits per heavy atom. The fraction of sp³-hybridized carbons (Fsp3) is 0.478. The van der Waals surface area contributed by atoms with E-state index in [1.54, 1.807) is 24.3 Å². The molecule has 0 unspecified atom stereocenters. The van der Waals surface area contributed by atoms with E-state index in [-0.39, 0.29) is 12.1 Å². The zero-order valence-electron chi connectivity index (χ0n) is 17.0. The molecule has 0 bridgehead atoms. The molecular formula is C23H28N2O4. The molecule has 29 heavy (non-hydrogen) atoms. The number of fused-ring (bicyclic) bond motifs is 1. The van der Waals surface area contributed by atoms with Gasteiger partial charge in [-0.15, -0.1) is 0 Å². The lowest BCUT2D eigenvalue weighted by molar-refractivity contribution is -0.0231. The highest BCUT2D eigenvalue weighted by Crippen LogP contribution is 2.38. The quantitative estimate of drug-likeness (QED) is 0.784. The second kappa shape index (κ2) is 8.51. The number of pyridine rings is 1. The Hall–Kier alpha value is -2.44. The Morgan fingerprint density at radius 3 is 2.59 bits per heavy atom. The fourth-order valence-electron chi connectivity index (χ4n) is 4.67. The van der Waals surface area contributed by atoms with Crippen LogP contribution in [0.1, 0.15) is 34.3 Å². The average Bonchev–Trinajstić information content (AvgIpc) is 3.09. The van der Waals surface area contributed by atoms with Gasteiger partial charge < -0.3 is 14.6 Å². The number of methoxy groups -OCH3 is 1. The standard InChI is InChI=1S/C23H28N2O4/c1-15-7-16(11-24-10-15)12-25-13-18-8-21(26)22(9-19(18)14-25)29-20-5-3-17(4-6-20)23(27)28-2/h3-7,10-11,18-19,21-22,26H,8-9,12-14H2,1-2H3/t18-,19+,21+,22+/m0/s1. The molecule has 1 aliphatic carbocycles. The van der Waals surface area contributed by atoms with Crippen LogP contribution in [-0.4, -0.2) is 53.4 Å². The molecule has 2 aliphatic rings. The summed E-state index contributed by atoms with van der Waals surface area (Å²) in [6, 6.07) is 9.08. The molecule has 1 aromatic carbocycles. The van der Waals surface area contributed by atoms with Crippen LogP contribution in [0.2, 0.25) is 0 Å². The number of aromatic nitrogens is 1. The van der Waals surface area contributed by atoms with Gasteiger partial charge in [-0.2, -0.15) is 0 Å². The Labute approximate surface area is 171 Å². The van der Waals surface area contributed by atoms with Gasteiger partial charge in [0.1, 0.15) is 11.9 Å². The van der Waals surface area contributed by atoms with Crippen LogP contribution >= 0.6 is 0 Å². The lowest BCUT2D eigenvalue weighted by Crippen LogP contribution is -2.42. The first-order valence-electron chi connectivity index (χ1n) is 10.2. The second-order valence-corrected chi connectivity index (χ2v) is 8.30. The van der Waals surface area contributed by atoms with Gasteiger partial charge in [0.25, 0.3) is 0 Å². The molecular weight excluding hydrogens is 368 g/mol. The van der Waals surface area contributed by atoms with E-state index in [4.69, 9.17) is 9.47 Å². The highest BCUT2D eigenvalue weighted by atomic mass is 16.5. The average molecular weight is 396 g/mol. The summed E-state index contributed by atoms with van der Waals surface area (Å²) in [5.41, 5.74) is 2.91. The van der Waals surface area contributed by atoms with Gasteiger partial charge in [0.05, 0.1) is 18.8 Å². The molecule has 1 saturated heterocycles. The number of likely N-dealkylation sites (tertiary alicyclic amines) is 1. The number of ether oxygens (including phenoxy) is 2. The van der Waals surface area contributed by atoms with E-state index in [0.717, 1.165) is 32.5 Å². The van der Waals surface area contributed by atoms with Gasteiger partial charge in [-0.3, -0.25) is 9.88 Å². The summed E-state index contributed by atoms with van der Waals surface area (Å²) in [4.78, 5) is 18.3. The summed E-state index contributed by atoms with van der Waals surface area (Å²) in [5.74, 6) is 1.33. The molecule has 2 fully saturated rings. The van der Waals surface area contributed by atoms with E-state index in [2.05, 4.69) is 22.9 Å². The summed E-state index contributed by atoms with van der Waals surface area (Å²) in [5, 5.41) is 10.6. The predicted octanol–water partition coefficient (Wildman–Crippen LogP) is 2.83. The van der Waals surface area contributed by atoms with E-state index in [9.17, 15) is 9.90 Å². The molecule has 154 valence electrons. The molecule has 6 nitrogen and oxygen atoms in total. The van der Waals surface area contributed by atoms with Crippen LogP contribution < -0.4 is 4.74 Å². The van der Waals surface area contributed by atoms with Crippen molar-refractivity contribution in [2.75, 3.05) is 20.2 Å². The molecule has 4 atom stereocenters. The first-order chi connectivity index (χ1) is 14.0. The van der Waals surface area contributed by atoms with Crippen LogP contribution in [0.25, 0.3) is 0 Å². The monoisotopic (exact) mass is 396 g/mol. The topological polar surface area (TPSA) is 71.9 Å². The second-order valence-electron chi connectivity index (χ2n) is 8.30. The number of carbonyl (C=O) groups is 1. The van der Waals surface area contributed by atoms with Crippen molar-refractivity contribution in [3.63, 3.8) is 0 Å². The van der Waals surface area contributed by atoms with Gasteiger partial charge in [-0.25, -0.2) is 4.79 Å². The molecule has 0 amide bonds. The van der Waals surface area contributed by atoms with Crippen LogP contribution in [0.4, 0.5) is 0 Å². The minimum atomic E-state index is -0.475. The summed E-state index contributed by atoms with van der Waals surface area (Å²) in [7, 11) is 1.36. The molecule has 1 aromatic heterocycles. The van der Waals surface area contributed by atoms with E-state index in [1.807, 2.05) is 12.4 Å². The van der Waals surface area contributed by atoms with Gasteiger partial charge in [0, 0.05) is 32.0 Å². The number of hydrogen-bond acceptors (Lipinski definition) is 6. The van der Waals surface area contributed by atoms with Crippen molar-refractivity contribution in [1.82, 2.24) is 9.88 Å². The van der Waals surface area contributed by atoms with Gasteiger partial charge in [-0.05, 0) is 67.0 Å². The number of nitrogens with zero attached hydrogens (tertiary/aromatic N) is 2. The van der Waals surface area contributed by atoms with E-state index >= 15 is 0 Å². The predicted molar refractivity (Wildman–Crippen MR) is 109 cm³/mol. The highest BCUT2D eigenvalue weighted by molar-refractivity contribution is 5.89. The van der Waals surface area contributed by atoms with Crippen molar-refractivity contribution in [3.8, 4) is 5.75 Å².